The molecule has 0 saturated carbocycles. The zero-order chi connectivity index (χ0) is 12.1. The molecule has 5 nitrogen and oxygen atoms in total. The molecule has 0 aliphatic heterocycles. The van der Waals surface area contributed by atoms with E-state index in [9.17, 15) is 8.42 Å². The van der Waals surface area contributed by atoms with Crippen LogP contribution in [-0.4, -0.2) is 38.7 Å². The maximum atomic E-state index is 11.2. The third-order valence-electron chi connectivity index (χ3n) is 1.72. The highest BCUT2D eigenvalue weighted by molar-refractivity contribution is 7.88. The molecular formula is C9H17N3O2S. The van der Waals surface area contributed by atoms with Crippen LogP contribution in [0.2, 0.25) is 0 Å². The second-order valence-corrected chi connectivity index (χ2v) is 5.13. The first kappa shape index (κ1) is 13.8. The van der Waals surface area contributed by atoms with E-state index in [1.807, 2.05) is 6.92 Å². The van der Waals surface area contributed by atoms with Crippen LogP contribution < -0.4 is 0 Å². The van der Waals surface area contributed by atoms with E-state index < -0.39 is 10.0 Å². The van der Waals surface area contributed by atoms with Gasteiger partial charge in [0.25, 0.3) is 0 Å². The van der Waals surface area contributed by atoms with Crippen molar-refractivity contribution in [3.05, 3.63) is 12.3 Å². The first-order valence-electron chi connectivity index (χ1n) is 4.50. The number of rotatable bonds is 4. The average molecular weight is 231 g/mol. The van der Waals surface area contributed by atoms with E-state index in [2.05, 4.69) is 23.3 Å². The number of nitrogens with zero attached hydrogens (tertiary/aromatic N) is 3. The van der Waals surface area contributed by atoms with E-state index in [1.165, 1.54) is 7.05 Å². The fourth-order valence-corrected chi connectivity index (χ4v) is 1.23. The van der Waals surface area contributed by atoms with Gasteiger partial charge in [0, 0.05) is 12.7 Å². The minimum absolute atomic E-state index is 0.0518. The van der Waals surface area contributed by atoms with Crippen LogP contribution in [0.4, 0.5) is 0 Å². The summed E-state index contributed by atoms with van der Waals surface area (Å²) < 4.78 is 23.4. The van der Waals surface area contributed by atoms with Gasteiger partial charge in [-0.05, 0) is 13.1 Å². The highest BCUT2D eigenvalue weighted by atomic mass is 32.2. The Balaban J connectivity index is 4.92. The topological polar surface area (TPSA) is 62.1 Å². The van der Waals surface area contributed by atoms with Crippen LogP contribution in [0.3, 0.4) is 0 Å². The Morgan fingerprint density at radius 3 is 2.33 bits per heavy atom. The quantitative estimate of drug-likeness (QED) is 0.540. The molecule has 0 amide bonds. The van der Waals surface area contributed by atoms with Crippen molar-refractivity contribution >= 4 is 22.7 Å². The molecule has 0 atom stereocenters. The fourth-order valence-electron chi connectivity index (χ4n) is 0.840. The molecular weight excluding hydrogens is 214 g/mol. The predicted molar refractivity (Wildman–Crippen MR) is 63.6 cm³/mol. The van der Waals surface area contributed by atoms with Gasteiger partial charge in [0.2, 0.25) is 16.0 Å². The monoisotopic (exact) mass is 231 g/mol. The molecule has 0 rings (SSSR count). The van der Waals surface area contributed by atoms with Crippen molar-refractivity contribution in [2.45, 2.75) is 19.8 Å². The zero-order valence-corrected chi connectivity index (χ0v) is 10.2. The van der Waals surface area contributed by atoms with Gasteiger partial charge in [-0.25, -0.2) is 22.7 Å². The molecule has 0 aromatic carbocycles. The third kappa shape index (κ3) is 4.73. The third-order valence-corrected chi connectivity index (χ3v) is 2.88. The summed E-state index contributed by atoms with van der Waals surface area (Å²) in [5.41, 5.74) is 0.593. The molecule has 0 fully saturated rings. The molecule has 0 aliphatic rings. The molecule has 86 valence electrons. The summed E-state index contributed by atoms with van der Waals surface area (Å²) >= 11 is 0. The fraction of sp³-hybridized carbons (Fsp3) is 0.556. The van der Waals surface area contributed by atoms with Gasteiger partial charge in [-0.15, -0.1) is 0 Å². The molecule has 0 N–H and O–H groups in total. The Bertz CT molecular complexity index is 371. The number of guanidine groups is 1. The van der Waals surface area contributed by atoms with Crippen LogP contribution in [0.1, 0.15) is 19.8 Å². The predicted octanol–water partition coefficient (Wildman–Crippen LogP) is 1.25. The van der Waals surface area contributed by atoms with Gasteiger partial charge in [0.05, 0.1) is 6.26 Å². The van der Waals surface area contributed by atoms with E-state index in [0.717, 1.165) is 17.0 Å². The smallest absolute Gasteiger partial charge is 0.238 e. The lowest BCUT2D eigenvalue weighted by Gasteiger charge is -2.15. The molecule has 0 aromatic heterocycles. The van der Waals surface area contributed by atoms with Crippen molar-refractivity contribution < 1.29 is 8.42 Å². The summed E-state index contributed by atoms with van der Waals surface area (Å²) in [4.78, 5) is 7.55. The van der Waals surface area contributed by atoms with Gasteiger partial charge < -0.3 is 0 Å². The summed E-state index contributed by atoms with van der Waals surface area (Å²) in [6.45, 7) is 8.97. The van der Waals surface area contributed by atoms with Crippen LogP contribution >= 0.6 is 0 Å². The van der Waals surface area contributed by atoms with Crippen LogP contribution in [0, 0.1) is 0 Å². The number of allylic oxidation sites excluding steroid dienone is 1. The van der Waals surface area contributed by atoms with E-state index in [1.54, 1.807) is 0 Å². The molecule has 0 unspecified atom stereocenters. The molecule has 15 heavy (non-hydrogen) atoms. The first-order chi connectivity index (χ1) is 6.82. The maximum absolute atomic E-state index is 11.2. The van der Waals surface area contributed by atoms with E-state index >= 15 is 0 Å². The Hall–Kier alpha value is -1.17. The molecule has 0 heterocycles. The van der Waals surface area contributed by atoms with Crippen molar-refractivity contribution in [1.82, 2.24) is 4.31 Å². The molecule has 0 saturated heterocycles. The Labute approximate surface area is 91.3 Å². The molecule has 0 radical (unpaired) electrons. The number of hydrogen-bond acceptors (Lipinski definition) is 3. The molecule has 0 bridgehead atoms. The van der Waals surface area contributed by atoms with Crippen LogP contribution in [0.5, 0.6) is 0 Å². The molecule has 0 aromatic rings. The van der Waals surface area contributed by atoms with Gasteiger partial charge in [0.1, 0.15) is 0 Å². The summed E-state index contributed by atoms with van der Waals surface area (Å²) in [7, 11) is -1.97. The Kier molecular flexibility index (Phi) is 5.21. The van der Waals surface area contributed by atoms with Crippen molar-refractivity contribution in [2.24, 2.45) is 9.98 Å². The Morgan fingerprint density at radius 1 is 1.47 bits per heavy atom. The molecule has 6 heteroatoms. The van der Waals surface area contributed by atoms with E-state index in [4.69, 9.17) is 0 Å². The van der Waals surface area contributed by atoms with Crippen LogP contribution in [-0.2, 0) is 10.0 Å². The SMILES string of the molecule is C=NC(=NC(=C)CCC)N(C)S(C)(=O)=O. The highest BCUT2D eigenvalue weighted by Crippen LogP contribution is 2.06. The van der Waals surface area contributed by atoms with Crippen molar-refractivity contribution in [3.8, 4) is 0 Å². The second-order valence-electron chi connectivity index (χ2n) is 3.12. The number of sulfonamides is 1. The average Bonchev–Trinajstić information content (AvgIpc) is 2.12. The lowest BCUT2D eigenvalue weighted by atomic mass is 10.3. The molecule has 0 aliphatic carbocycles. The van der Waals surface area contributed by atoms with Gasteiger partial charge in [0.15, 0.2) is 0 Å². The van der Waals surface area contributed by atoms with Crippen molar-refractivity contribution in [1.29, 1.82) is 0 Å². The summed E-state index contributed by atoms with van der Waals surface area (Å²) in [6.07, 6.45) is 2.68. The number of hydrogen-bond donors (Lipinski definition) is 0. The zero-order valence-electron chi connectivity index (χ0n) is 9.39. The minimum atomic E-state index is -3.35. The van der Waals surface area contributed by atoms with Gasteiger partial charge >= 0.3 is 0 Å². The standard InChI is InChI=1S/C9H17N3O2S/c1-6-7-8(2)11-9(10-3)12(4)15(5,13)14/h2-3,6-7H2,1,4-5H3. The van der Waals surface area contributed by atoms with E-state index in [0.29, 0.717) is 12.1 Å². The van der Waals surface area contributed by atoms with Gasteiger partial charge in [-0.2, -0.15) is 0 Å². The van der Waals surface area contributed by atoms with Crippen molar-refractivity contribution in [2.75, 3.05) is 13.3 Å². The maximum Gasteiger partial charge on any atom is 0.238 e. The lowest BCUT2D eigenvalue weighted by molar-refractivity contribution is 0.558. The summed E-state index contributed by atoms with van der Waals surface area (Å²) in [5.74, 6) is 0.0518. The number of aliphatic imine (C=N–C) groups is 2. The van der Waals surface area contributed by atoms with Crippen molar-refractivity contribution in [3.63, 3.8) is 0 Å². The summed E-state index contributed by atoms with van der Waals surface area (Å²) in [6, 6.07) is 0. The van der Waals surface area contributed by atoms with E-state index in [-0.39, 0.29) is 5.96 Å². The largest absolute Gasteiger partial charge is 0.241 e. The highest BCUT2D eigenvalue weighted by Gasteiger charge is 2.14. The minimum Gasteiger partial charge on any atom is -0.241 e. The van der Waals surface area contributed by atoms with Gasteiger partial charge in [-0.1, -0.05) is 19.9 Å². The Morgan fingerprint density at radius 2 is 2.00 bits per heavy atom. The molecule has 0 spiro atoms. The van der Waals surface area contributed by atoms with Crippen LogP contribution in [0.15, 0.2) is 22.3 Å². The van der Waals surface area contributed by atoms with Crippen LogP contribution in [0.25, 0.3) is 0 Å². The summed E-state index contributed by atoms with van der Waals surface area (Å²) in [5, 5.41) is 0. The second kappa shape index (κ2) is 5.65. The lowest BCUT2D eigenvalue weighted by Crippen LogP contribution is -2.31. The first-order valence-corrected chi connectivity index (χ1v) is 6.34. The van der Waals surface area contributed by atoms with Gasteiger partial charge in [-0.3, -0.25) is 0 Å². The normalized spacial score (nSPS) is 12.3.